The zero-order valence-corrected chi connectivity index (χ0v) is 13.2. The molecule has 3 atom stereocenters. The molecule has 0 aromatic rings. The number of hydrogen-bond acceptors (Lipinski definition) is 5. The van der Waals surface area contributed by atoms with Gasteiger partial charge in [0.15, 0.2) is 0 Å². The molecule has 0 aromatic heterocycles. The molecule has 5 nitrogen and oxygen atoms in total. The van der Waals surface area contributed by atoms with Crippen molar-refractivity contribution < 1.29 is 14.7 Å². The number of amides is 1. The Balaban J connectivity index is 2.83. The van der Waals surface area contributed by atoms with E-state index in [9.17, 15) is 14.7 Å². The molecule has 110 valence electrons. The lowest BCUT2D eigenvalue weighted by molar-refractivity contribution is -0.150. The molecule has 0 spiro atoms. The number of aliphatic carboxylic acids is 1. The number of nitrogens with zero attached hydrogens (tertiary/aromatic N) is 1. The Morgan fingerprint density at radius 2 is 2.16 bits per heavy atom. The van der Waals surface area contributed by atoms with E-state index in [1.165, 1.54) is 16.7 Å². The Morgan fingerprint density at radius 3 is 2.63 bits per heavy atom. The lowest BCUT2D eigenvalue weighted by Gasteiger charge is -2.31. The van der Waals surface area contributed by atoms with E-state index in [2.05, 4.69) is 0 Å². The molecule has 1 heterocycles. The lowest BCUT2D eigenvalue weighted by atomic mass is 10.1. The molecule has 0 aromatic carbocycles. The van der Waals surface area contributed by atoms with Crippen molar-refractivity contribution in [1.29, 1.82) is 0 Å². The highest BCUT2D eigenvalue weighted by atomic mass is 32.2. The van der Waals surface area contributed by atoms with Gasteiger partial charge in [0.25, 0.3) is 0 Å². The van der Waals surface area contributed by atoms with Gasteiger partial charge in [-0.2, -0.15) is 11.8 Å². The van der Waals surface area contributed by atoms with Gasteiger partial charge in [-0.3, -0.25) is 4.79 Å². The minimum Gasteiger partial charge on any atom is -0.480 e. The summed E-state index contributed by atoms with van der Waals surface area (Å²) in [5.74, 6) is 0.286. The fourth-order valence-electron chi connectivity index (χ4n) is 2.07. The van der Waals surface area contributed by atoms with Crippen LogP contribution in [0.2, 0.25) is 0 Å². The fourth-order valence-corrected chi connectivity index (χ4v) is 4.04. The van der Waals surface area contributed by atoms with Gasteiger partial charge in [0, 0.05) is 5.75 Å². The predicted molar refractivity (Wildman–Crippen MR) is 80.3 cm³/mol. The maximum Gasteiger partial charge on any atom is 0.327 e. The van der Waals surface area contributed by atoms with E-state index >= 15 is 0 Å². The third kappa shape index (κ3) is 4.03. The van der Waals surface area contributed by atoms with Gasteiger partial charge in [0.05, 0.1) is 11.4 Å². The van der Waals surface area contributed by atoms with Crippen LogP contribution in [0, 0.1) is 5.92 Å². The van der Waals surface area contributed by atoms with Gasteiger partial charge < -0.3 is 15.7 Å². The molecule has 0 aliphatic carbocycles. The molecule has 1 aliphatic heterocycles. The quantitative estimate of drug-likeness (QED) is 0.764. The van der Waals surface area contributed by atoms with Crippen LogP contribution in [0.4, 0.5) is 0 Å². The second-order valence-electron chi connectivity index (χ2n) is 4.96. The van der Waals surface area contributed by atoms with E-state index in [0.29, 0.717) is 12.2 Å². The zero-order chi connectivity index (χ0) is 14.6. The first-order valence-electron chi connectivity index (χ1n) is 6.31. The molecule has 2 unspecified atom stereocenters. The summed E-state index contributed by atoms with van der Waals surface area (Å²) in [6.45, 7) is 3.99. The summed E-state index contributed by atoms with van der Waals surface area (Å²) >= 11 is 3.16. The Kier molecular flexibility index (Phi) is 6.49. The number of hydrogen-bond donors (Lipinski definition) is 2. The van der Waals surface area contributed by atoms with Crippen molar-refractivity contribution in [2.75, 3.05) is 17.8 Å². The standard InChI is InChI=1S/C12H22N2O3S2/c1-7(2)11-14(9(6-19-11)12(16)17)10(15)8(13)4-5-18-3/h7-9,11H,4-6,13H2,1-3H3,(H,16,17)/t8-,9?,11?/m1/s1. The van der Waals surface area contributed by atoms with Crippen LogP contribution < -0.4 is 5.73 Å². The highest BCUT2D eigenvalue weighted by Gasteiger charge is 2.43. The number of carboxylic acid groups (broad SMARTS) is 1. The zero-order valence-electron chi connectivity index (χ0n) is 11.5. The number of carboxylic acids is 1. The van der Waals surface area contributed by atoms with Crippen LogP contribution in [0.25, 0.3) is 0 Å². The first-order valence-corrected chi connectivity index (χ1v) is 8.75. The van der Waals surface area contributed by atoms with Crippen LogP contribution in [0.1, 0.15) is 20.3 Å². The van der Waals surface area contributed by atoms with Gasteiger partial charge >= 0.3 is 5.97 Å². The van der Waals surface area contributed by atoms with Gasteiger partial charge in [-0.15, -0.1) is 11.8 Å². The third-order valence-corrected chi connectivity index (χ3v) is 5.36. The summed E-state index contributed by atoms with van der Waals surface area (Å²) < 4.78 is 0. The monoisotopic (exact) mass is 306 g/mol. The van der Waals surface area contributed by atoms with E-state index in [0.717, 1.165) is 5.75 Å². The molecule has 0 saturated carbocycles. The molecular formula is C12H22N2O3S2. The number of nitrogens with two attached hydrogens (primary N) is 1. The Morgan fingerprint density at radius 1 is 1.53 bits per heavy atom. The van der Waals surface area contributed by atoms with Crippen molar-refractivity contribution in [1.82, 2.24) is 4.90 Å². The molecule has 1 fully saturated rings. The molecule has 1 saturated heterocycles. The SMILES string of the molecule is CSCC[C@@H](N)C(=O)N1C(C(=O)O)CSC1C(C)C. The maximum absolute atomic E-state index is 12.4. The van der Waals surface area contributed by atoms with E-state index in [-0.39, 0.29) is 17.2 Å². The average molecular weight is 306 g/mol. The van der Waals surface area contributed by atoms with Gasteiger partial charge in [-0.05, 0) is 24.3 Å². The molecule has 0 radical (unpaired) electrons. The topological polar surface area (TPSA) is 83.6 Å². The number of thioether (sulfide) groups is 2. The Bertz CT molecular complexity index is 339. The van der Waals surface area contributed by atoms with E-state index < -0.39 is 18.1 Å². The summed E-state index contributed by atoms with van der Waals surface area (Å²) in [4.78, 5) is 25.2. The van der Waals surface area contributed by atoms with E-state index in [4.69, 9.17) is 5.73 Å². The van der Waals surface area contributed by atoms with E-state index in [1.54, 1.807) is 11.8 Å². The van der Waals surface area contributed by atoms with Gasteiger partial charge in [-0.25, -0.2) is 4.79 Å². The van der Waals surface area contributed by atoms with Crippen molar-refractivity contribution in [2.45, 2.75) is 37.7 Å². The lowest BCUT2D eigenvalue weighted by Crippen LogP contribution is -2.53. The molecule has 1 aliphatic rings. The summed E-state index contributed by atoms with van der Waals surface area (Å²) in [5.41, 5.74) is 5.90. The van der Waals surface area contributed by atoms with Crippen molar-refractivity contribution in [2.24, 2.45) is 11.7 Å². The summed E-state index contributed by atoms with van der Waals surface area (Å²) in [6.07, 6.45) is 2.54. The molecule has 3 N–H and O–H groups in total. The predicted octanol–water partition coefficient (Wildman–Crippen LogP) is 1.08. The largest absolute Gasteiger partial charge is 0.480 e. The minimum atomic E-state index is -0.943. The van der Waals surface area contributed by atoms with E-state index in [1.807, 2.05) is 20.1 Å². The number of rotatable bonds is 6. The van der Waals surface area contributed by atoms with Gasteiger partial charge in [-0.1, -0.05) is 13.8 Å². The summed E-state index contributed by atoms with van der Waals surface area (Å²) in [7, 11) is 0. The van der Waals surface area contributed by atoms with Gasteiger partial charge in [0.1, 0.15) is 6.04 Å². The summed E-state index contributed by atoms with van der Waals surface area (Å²) in [5, 5.41) is 9.15. The minimum absolute atomic E-state index is 0.0890. The number of carbonyl (C=O) groups is 2. The highest BCUT2D eigenvalue weighted by molar-refractivity contribution is 8.00. The Labute approximate surface area is 122 Å². The van der Waals surface area contributed by atoms with Crippen molar-refractivity contribution in [3.05, 3.63) is 0 Å². The maximum atomic E-state index is 12.4. The molecule has 0 bridgehead atoms. The molecular weight excluding hydrogens is 284 g/mol. The van der Waals surface area contributed by atoms with Crippen molar-refractivity contribution in [3.63, 3.8) is 0 Å². The second kappa shape index (κ2) is 7.40. The van der Waals surface area contributed by atoms with Crippen LogP contribution in [0.15, 0.2) is 0 Å². The molecule has 7 heteroatoms. The first-order chi connectivity index (χ1) is 8.90. The molecule has 19 heavy (non-hydrogen) atoms. The van der Waals surface area contributed by atoms with Gasteiger partial charge in [0.2, 0.25) is 5.91 Å². The van der Waals surface area contributed by atoms with Crippen LogP contribution in [-0.2, 0) is 9.59 Å². The summed E-state index contributed by atoms with van der Waals surface area (Å²) in [6, 6.07) is -1.35. The van der Waals surface area contributed by atoms with Crippen LogP contribution in [-0.4, -0.2) is 57.1 Å². The smallest absolute Gasteiger partial charge is 0.327 e. The van der Waals surface area contributed by atoms with Crippen molar-refractivity contribution >= 4 is 35.4 Å². The fraction of sp³-hybridized carbons (Fsp3) is 0.833. The third-order valence-electron chi connectivity index (χ3n) is 3.09. The first kappa shape index (κ1) is 16.7. The normalized spacial score (nSPS) is 24.8. The van der Waals surface area contributed by atoms with Crippen LogP contribution >= 0.6 is 23.5 Å². The van der Waals surface area contributed by atoms with Crippen LogP contribution in [0.5, 0.6) is 0 Å². The average Bonchev–Trinajstić information content (AvgIpc) is 2.79. The Hall–Kier alpha value is -0.400. The molecule has 1 amide bonds. The highest BCUT2D eigenvalue weighted by Crippen LogP contribution is 2.34. The number of carbonyl (C=O) groups excluding carboxylic acids is 1. The van der Waals surface area contributed by atoms with Crippen LogP contribution in [0.3, 0.4) is 0 Å². The van der Waals surface area contributed by atoms with Crippen molar-refractivity contribution in [3.8, 4) is 0 Å². The molecule has 1 rings (SSSR count). The second-order valence-corrected chi connectivity index (χ2v) is 7.09.